The second-order valence-corrected chi connectivity index (χ2v) is 4.19. The zero-order valence-corrected chi connectivity index (χ0v) is 8.72. The molecule has 0 saturated carbocycles. The molecular formula is C8H4O8S. The molecule has 0 aliphatic carbocycles. The lowest BCUT2D eigenvalue weighted by atomic mass is 10.1. The van der Waals surface area contributed by atoms with E-state index in [1.54, 1.807) is 0 Å². The van der Waals surface area contributed by atoms with Crippen LogP contribution in [0.4, 0.5) is 0 Å². The molecule has 1 heterocycles. The number of benzene rings is 1. The van der Waals surface area contributed by atoms with Gasteiger partial charge in [0.2, 0.25) is 5.75 Å². The maximum atomic E-state index is 11.0. The van der Waals surface area contributed by atoms with Crippen molar-refractivity contribution in [2.24, 2.45) is 0 Å². The summed E-state index contributed by atoms with van der Waals surface area (Å²) in [5.41, 5.74) is -1.01. The summed E-state index contributed by atoms with van der Waals surface area (Å²) in [6, 6.07) is 1.66. The lowest BCUT2D eigenvalue weighted by Gasteiger charge is -2.01. The van der Waals surface area contributed by atoms with E-state index in [0.717, 1.165) is 12.1 Å². The Bertz CT molecular complexity index is 629. The molecule has 0 radical (unpaired) electrons. The van der Waals surface area contributed by atoms with Gasteiger partial charge < -0.3 is 18.6 Å². The number of carboxylic acids is 2. The highest BCUT2D eigenvalue weighted by Crippen LogP contribution is 2.39. The first kappa shape index (κ1) is 11.2. The van der Waals surface area contributed by atoms with Gasteiger partial charge >= 0.3 is 22.3 Å². The molecule has 17 heavy (non-hydrogen) atoms. The first-order valence-corrected chi connectivity index (χ1v) is 5.42. The third-order valence-corrected chi connectivity index (χ3v) is 2.66. The molecule has 0 aromatic heterocycles. The summed E-state index contributed by atoms with van der Waals surface area (Å²) in [5.74, 6) is -3.92. The van der Waals surface area contributed by atoms with Crippen molar-refractivity contribution in [2.45, 2.75) is 0 Å². The van der Waals surface area contributed by atoms with Crippen LogP contribution in [0.5, 0.6) is 11.5 Å². The molecule has 0 bridgehead atoms. The Hall–Kier alpha value is -2.29. The lowest BCUT2D eigenvalue weighted by Crippen LogP contribution is -2.09. The fraction of sp³-hybridized carbons (Fsp3) is 0. The minimum atomic E-state index is -4.36. The predicted molar refractivity (Wildman–Crippen MR) is 50.5 cm³/mol. The number of carboxylic acid groups (broad SMARTS) is 2. The molecule has 0 unspecified atom stereocenters. The molecule has 1 aliphatic rings. The Labute approximate surface area is 94.3 Å². The van der Waals surface area contributed by atoms with Crippen LogP contribution in [0, 0.1) is 0 Å². The first-order chi connectivity index (χ1) is 7.80. The first-order valence-electron chi connectivity index (χ1n) is 4.09. The van der Waals surface area contributed by atoms with E-state index < -0.39 is 45.0 Å². The standard InChI is InChI=1S/C8H4O8S/c9-7(10)3-1-4(8(11)12)6-5(2-3)15-17(13,14)16-6/h1-2H,(H,9,10)(H,11,12). The highest BCUT2D eigenvalue weighted by Gasteiger charge is 2.34. The van der Waals surface area contributed by atoms with E-state index in [0.29, 0.717) is 0 Å². The van der Waals surface area contributed by atoms with Crippen molar-refractivity contribution in [3.63, 3.8) is 0 Å². The molecule has 2 N–H and O–H groups in total. The topological polar surface area (TPSA) is 127 Å². The van der Waals surface area contributed by atoms with Crippen LogP contribution in [0.15, 0.2) is 12.1 Å². The van der Waals surface area contributed by atoms with Gasteiger partial charge in [0.05, 0.1) is 5.56 Å². The molecule has 9 heteroatoms. The van der Waals surface area contributed by atoms with Crippen LogP contribution >= 0.6 is 0 Å². The van der Waals surface area contributed by atoms with Crippen molar-refractivity contribution in [1.82, 2.24) is 0 Å². The van der Waals surface area contributed by atoms with Crippen LogP contribution in [0.1, 0.15) is 20.7 Å². The van der Waals surface area contributed by atoms with Gasteiger partial charge in [-0.25, -0.2) is 9.59 Å². The maximum absolute atomic E-state index is 11.0. The van der Waals surface area contributed by atoms with Crippen molar-refractivity contribution in [3.8, 4) is 11.5 Å². The smallest absolute Gasteiger partial charge is 0.478 e. The van der Waals surface area contributed by atoms with Crippen molar-refractivity contribution >= 4 is 22.3 Å². The van der Waals surface area contributed by atoms with Crippen LogP contribution in [-0.4, -0.2) is 30.6 Å². The highest BCUT2D eigenvalue weighted by molar-refractivity contribution is 7.82. The summed E-state index contributed by atoms with van der Waals surface area (Å²) < 4.78 is 30.5. The molecule has 0 amide bonds. The van der Waals surface area contributed by atoms with E-state index in [2.05, 4.69) is 8.37 Å². The quantitative estimate of drug-likeness (QED) is 0.766. The predicted octanol–water partition coefficient (Wildman–Crippen LogP) is 0.0990. The summed E-state index contributed by atoms with van der Waals surface area (Å²) in [5, 5.41) is 17.5. The molecule has 0 fully saturated rings. The number of aromatic carboxylic acids is 2. The summed E-state index contributed by atoms with van der Waals surface area (Å²) in [6.45, 7) is 0. The third kappa shape index (κ3) is 1.87. The van der Waals surface area contributed by atoms with E-state index in [1.165, 1.54) is 0 Å². The number of hydrogen-bond donors (Lipinski definition) is 2. The van der Waals surface area contributed by atoms with Gasteiger partial charge in [0.25, 0.3) is 0 Å². The molecule has 1 aromatic carbocycles. The van der Waals surface area contributed by atoms with E-state index in [4.69, 9.17) is 10.2 Å². The largest absolute Gasteiger partial charge is 0.501 e. The van der Waals surface area contributed by atoms with Crippen LogP contribution in [-0.2, 0) is 10.4 Å². The molecule has 90 valence electrons. The fourth-order valence-electron chi connectivity index (χ4n) is 1.26. The van der Waals surface area contributed by atoms with Gasteiger partial charge in [-0.15, -0.1) is 8.42 Å². The van der Waals surface area contributed by atoms with E-state index >= 15 is 0 Å². The molecule has 0 atom stereocenters. The minimum absolute atomic E-state index is 0.415. The van der Waals surface area contributed by atoms with Crippen LogP contribution < -0.4 is 8.37 Å². The monoisotopic (exact) mass is 260 g/mol. The van der Waals surface area contributed by atoms with Gasteiger partial charge in [-0.1, -0.05) is 0 Å². The highest BCUT2D eigenvalue weighted by atomic mass is 32.3. The SMILES string of the molecule is O=C(O)c1cc2c(c(C(=O)O)c1)OS(=O)(=O)O2. The molecule has 0 saturated heterocycles. The van der Waals surface area contributed by atoms with Crippen LogP contribution in [0.3, 0.4) is 0 Å². The summed E-state index contributed by atoms with van der Waals surface area (Å²) in [6.07, 6.45) is 0. The minimum Gasteiger partial charge on any atom is -0.478 e. The Morgan fingerprint density at radius 1 is 1.06 bits per heavy atom. The van der Waals surface area contributed by atoms with Crippen molar-refractivity contribution in [1.29, 1.82) is 0 Å². The fourth-order valence-corrected chi connectivity index (χ4v) is 2.02. The number of fused-ring (bicyclic) bond motifs is 1. The van der Waals surface area contributed by atoms with E-state index in [9.17, 15) is 18.0 Å². The zero-order chi connectivity index (χ0) is 12.8. The summed E-state index contributed by atoms with van der Waals surface area (Å²) >= 11 is 0. The average molecular weight is 260 g/mol. The molecular weight excluding hydrogens is 256 g/mol. The molecule has 1 aliphatic heterocycles. The Morgan fingerprint density at radius 2 is 1.71 bits per heavy atom. The number of rotatable bonds is 2. The summed E-state index contributed by atoms with van der Waals surface area (Å²) in [7, 11) is -4.36. The molecule has 8 nitrogen and oxygen atoms in total. The van der Waals surface area contributed by atoms with Gasteiger partial charge in [0, 0.05) is 6.07 Å². The normalized spacial score (nSPS) is 15.5. The van der Waals surface area contributed by atoms with Gasteiger partial charge in [-0.2, -0.15) is 0 Å². The number of carbonyl (C=O) groups is 2. The average Bonchev–Trinajstić information content (AvgIpc) is 2.49. The van der Waals surface area contributed by atoms with Crippen molar-refractivity contribution < 1.29 is 36.6 Å². The Kier molecular flexibility index (Phi) is 2.21. The van der Waals surface area contributed by atoms with Gasteiger partial charge in [-0.3, -0.25) is 0 Å². The molecule has 1 aromatic rings. The van der Waals surface area contributed by atoms with E-state index in [1.807, 2.05) is 0 Å². The van der Waals surface area contributed by atoms with Gasteiger partial charge in [0.15, 0.2) is 5.75 Å². The Balaban J connectivity index is 2.70. The van der Waals surface area contributed by atoms with Crippen molar-refractivity contribution in [2.75, 3.05) is 0 Å². The second-order valence-electron chi connectivity index (χ2n) is 3.04. The third-order valence-electron chi connectivity index (χ3n) is 1.91. The molecule has 0 spiro atoms. The van der Waals surface area contributed by atoms with Crippen LogP contribution in [0.25, 0.3) is 0 Å². The van der Waals surface area contributed by atoms with Gasteiger partial charge in [-0.05, 0) is 6.07 Å². The second kappa shape index (κ2) is 3.35. The van der Waals surface area contributed by atoms with Crippen LogP contribution in [0.2, 0.25) is 0 Å². The number of hydrogen-bond acceptors (Lipinski definition) is 6. The van der Waals surface area contributed by atoms with E-state index in [-0.39, 0.29) is 0 Å². The van der Waals surface area contributed by atoms with Crippen molar-refractivity contribution in [3.05, 3.63) is 23.3 Å². The Morgan fingerprint density at radius 3 is 2.24 bits per heavy atom. The van der Waals surface area contributed by atoms with Gasteiger partial charge in [0.1, 0.15) is 5.56 Å². The molecule has 2 rings (SSSR count). The maximum Gasteiger partial charge on any atom is 0.501 e. The lowest BCUT2D eigenvalue weighted by molar-refractivity contribution is 0.0694. The zero-order valence-electron chi connectivity index (χ0n) is 7.91. The summed E-state index contributed by atoms with van der Waals surface area (Å²) in [4.78, 5) is 21.5.